The summed E-state index contributed by atoms with van der Waals surface area (Å²) in [6.07, 6.45) is 8.83. The van der Waals surface area contributed by atoms with Crippen LogP contribution in [0.3, 0.4) is 0 Å². The van der Waals surface area contributed by atoms with E-state index in [0.29, 0.717) is 5.41 Å². The van der Waals surface area contributed by atoms with Crippen LogP contribution in [0.4, 0.5) is 0 Å². The van der Waals surface area contributed by atoms with Crippen molar-refractivity contribution in [1.82, 2.24) is 0 Å². The van der Waals surface area contributed by atoms with E-state index in [0.717, 1.165) is 44.4 Å². The van der Waals surface area contributed by atoms with Gasteiger partial charge in [0.2, 0.25) is 0 Å². The van der Waals surface area contributed by atoms with Gasteiger partial charge in [0.15, 0.2) is 19.7 Å². The van der Waals surface area contributed by atoms with Gasteiger partial charge in [-0.1, -0.05) is 6.92 Å². The van der Waals surface area contributed by atoms with E-state index in [4.69, 9.17) is 19.2 Å². The van der Waals surface area contributed by atoms with Crippen molar-refractivity contribution in [2.75, 3.05) is 12.5 Å². The molecule has 0 aromatic carbocycles. The smallest absolute Gasteiger partial charge is 0.870 e. The first kappa shape index (κ1) is 28.4. The average Bonchev–Trinajstić information content (AvgIpc) is 2.18. The van der Waals surface area contributed by atoms with E-state index >= 15 is 0 Å². The van der Waals surface area contributed by atoms with Gasteiger partial charge in [0.25, 0.3) is 0 Å². The molecular weight excluding hydrogens is 395 g/mol. The third-order valence-electron chi connectivity index (χ3n) is 5.80. The van der Waals surface area contributed by atoms with E-state index < -0.39 is 19.7 Å². The van der Waals surface area contributed by atoms with Gasteiger partial charge < -0.3 is 5.48 Å². The Labute approximate surface area is 171 Å². The Balaban J connectivity index is 0. The van der Waals surface area contributed by atoms with Gasteiger partial charge >= 0.3 is 31.2 Å². The Hall–Kier alpha value is -0.783. The molecule has 6 rings (SSSR count). The molecule has 9 nitrogen and oxygen atoms in total. The fourth-order valence-electron chi connectivity index (χ4n) is 4.42. The van der Waals surface area contributed by atoms with Crippen molar-refractivity contribution in [1.29, 1.82) is 0 Å². The van der Waals surface area contributed by atoms with Crippen LogP contribution in [0.15, 0.2) is 0 Å². The van der Waals surface area contributed by atoms with Crippen LogP contribution in [0, 0.1) is 11.3 Å². The molecule has 0 amide bonds. The van der Waals surface area contributed by atoms with Gasteiger partial charge in [-0.25, -0.2) is 16.8 Å². The second-order valence-corrected chi connectivity index (χ2v) is 12.7. The van der Waals surface area contributed by atoms with Gasteiger partial charge in [0.1, 0.15) is 0 Å². The standard InChI is InChI=1S/C7H12O2S.C6H10O2S.2CO2.Li.H2O/c1-6-3-7(4-6,5-6)10(2,8)9;1-9(7,8)6-2-5(3-6)4-6;2*2-1-3;;/h3-5H2,1-2H3;5H,2-4H2,1H3;;;;1H2/q;;;;+1;/p-1. The maximum atomic E-state index is 11.1. The molecule has 6 fully saturated rings. The van der Waals surface area contributed by atoms with Gasteiger partial charge in [-0.05, 0) is 49.9 Å². The summed E-state index contributed by atoms with van der Waals surface area (Å²) < 4.78 is 43.7. The molecule has 0 aliphatic heterocycles. The largest absolute Gasteiger partial charge is 1.00 e. The van der Waals surface area contributed by atoms with Crippen molar-refractivity contribution in [2.45, 2.75) is 54.9 Å². The summed E-state index contributed by atoms with van der Waals surface area (Å²) in [5, 5.41) is 0. The number of sulfone groups is 2. The van der Waals surface area contributed by atoms with E-state index in [1.165, 1.54) is 12.5 Å². The minimum absolute atomic E-state index is 0. The van der Waals surface area contributed by atoms with E-state index in [-0.39, 0.29) is 46.1 Å². The Morgan fingerprint density at radius 1 is 0.741 bits per heavy atom. The zero-order chi connectivity index (χ0) is 19.7. The van der Waals surface area contributed by atoms with Crippen LogP contribution in [0.5, 0.6) is 0 Å². The molecular formula is C15H23LiO9S2. The van der Waals surface area contributed by atoms with E-state index in [1.807, 2.05) is 0 Å². The molecule has 0 radical (unpaired) electrons. The molecule has 0 aromatic heterocycles. The summed E-state index contributed by atoms with van der Waals surface area (Å²) in [6.45, 7) is 2.17. The summed E-state index contributed by atoms with van der Waals surface area (Å²) in [7, 11) is -5.44. The fraction of sp³-hybridized carbons (Fsp3) is 0.867. The first-order chi connectivity index (χ1) is 11.2. The van der Waals surface area contributed by atoms with Crippen LogP contribution in [-0.4, -0.2) is 56.6 Å². The third-order valence-corrected chi connectivity index (χ3v) is 9.88. The van der Waals surface area contributed by atoms with Crippen molar-refractivity contribution < 1.29 is 60.4 Å². The number of carbonyl (C=O) groups excluding carboxylic acids is 4. The zero-order valence-electron chi connectivity index (χ0n) is 15.8. The fourth-order valence-corrected chi connectivity index (χ4v) is 7.87. The van der Waals surface area contributed by atoms with Crippen molar-refractivity contribution in [3.8, 4) is 0 Å². The predicted molar refractivity (Wildman–Crippen MR) is 86.4 cm³/mol. The Morgan fingerprint density at radius 3 is 1.04 bits per heavy atom. The maximum Gasteiger partial charge on any atom is 1.00 e. The number of rotatable bonds is 2. The van der Waals surface area contributed by atoms with Crippen LogP contribution < -0.4 is 18.9 Å². The van der Waals surface area contributed by atoms with E-state index in [9.17, 15) is 16.8 Å². The first-order valence-corrected chi connectivity index (χ1v) is 11.4. The van der Waals surface area contributed by atoms with Gasteiger partial charge in [-0.15, -0.1) is 0 Å². The predicted octanol–water partition coefficient (Wildman–Crippen LogP) is -2.78. The van der Waals surface area contributed by atoms with E-state index in [1.54, 1.807) is 0 Å². The Kier molecular flexibility index (Phi) is 9.63. The minimum Gasteiger partial charge on any atom is -0.870 e. The molecule has 6 aliphatic rings. The van der Waals surface area contributed by atoms with Crippen LogP contribution in [0.25, 0.3) is 0 Å². The summed E-state index contributed by atoms with van der Waals surface area (Å²) in [5.74, 6) is 0.764. The van der Waals surface area contributed by atoms with Crippen LogP contribution in [0.2, 0.25) is 0 Å². The van der Waals surface area contributed by atoms with Crippen LogP contribution >= 0.6 is 0 Å². The molecule has 6 saturated carbocycles. The third kappa shape index (κ3) is 5.39. The molecule has 0 atom stereocenters. The molecule has 0 spiro atoms. The van der Waals surface area contributed by atoms with Crippen LogP contribution in [-0.2, 0) is 38.9 Å². The van der Waals surface area contributed by atoms with Crippen LogP contribution in [0.1, 0.15) is 45.4 Å². The van der Waals surface area contributed by atoms with Gasteiger partial charge in [-0.3, -0.25) is 0 Å². The molecule has 0 heterocycles. The Bertz CT molecular complexity index is 755. The first-order valence-electron chi connectivity index (χ1n) is 7.61. The SMILES string of the molecule is CC12CC(S(C)(=O)=O)(C1)C2.CS(=O)(=O)C12CC(C1)C2.O=C=O.O=C=O.[Li+].[OH-]. The zero-order valence-corrected chi connectivity index (χ0v) is 17.5. The van der Waals surface area contributed by atoms with Gasteiger partial charge in [-0.2, -0.15) is 19.2 Å². The second-order valence-electron chi connectivity index (χ2n) is 7.90. The van der Waals surface area contributed by atoms with Gasteiger partial charge in [0.05, 0.1) is 9.49 Å². The van der Waals surface area contributed by atoms with Gasteiger partial charge in [0, 0.05) is 12.5 Å². The summed E-state index contributed by atoms with van der Waals surface area (Å²) >= 11 is 0. The van der Waals surface area contributed by atoms with Crippen molar-refractivity contribution in [3.63, 3.8) is 0 Å². The molecule has 1 N–H and O–H groups in total. The molecule has 0 saturated heterocycles. The molecule has 0 aromatic rings. The van der Waals surface area contributed by atoms with Crippen molar-refractivity contribution in [2.24, 2.45) is 11.3 Å². The molecule has 27 heavy (non-hydrogen) atoms. The normalized spacial score (nSPS) is 35.4. The molecule has 6 aliphatic carbocycles. The maximum absolute atomic E-state index is 11.1. The minimum atomic E-state index is -2.74. The summed E-state index contributed by atoms with van der Waals surface area (Å²) in [4.78, 5) is 32.5. The number of hydrogen-bond acceptors (Lipinski definition) is 9. The summed E-state index contributed by atoms with van der Waals surface area (Å²) in [5.41, 5.74) is 0.406. The second kappa shape index (κ2) is 9.14. The average molecular weight is 418 g/mol. The van der Waals surface area contributed by atoms with Crippen molar-refractivity contribution >= 4 is 32.0 Å². The topological polar surface area (TPSA) is 167 Å². The molecule has 12 heteroatoms. The molecule has 4 bridgehead atoms. The summed E-state index contributed by atoms with van der Waals surface area (Å²) in [6, 6.07) is 0. The number of hydrogen-bond donors (Lipinski definition) is 0. The monoisotopic (exact) mass is 418 g/mol. The Morgan fingerprint density at radius 2 is 1.00 bits per heavy atom. The molecule has 0 unspecified atom stereocenters. The molecule has 150 valence electrons. The van der Waals surface area contributed by atoms with E-state index in [2.05, 4.69) is 6.92 Å². The quantitative estimate of drug-likeness (QED) is 0.431. The van der Waals surface area contributed by atoms with Crippen molar-refractivity contribution in [3.05, 3.63) is 0 Å².